The number of carbonyl (C=O) groups excluding carboxylic acids is 1. The van der Waals surface area contributed by atoms with Crippen LogP contribution in [0.3, 0.4) is 0 Å². The van der Waals surface area contributed by atoms with E-state index in [0.29, 0.717) is 18.7 Å². The minimum Gasteiger partial charge on any atom is -0.386 e. The summed E-state index contributed by atoms with van der Waals surface area (Å²) in [5.74, 6) is 0.692. The van der Waals surface area contributed by atoms with Crippen LogP contribution >= 0.6 is 0 Å². The molecule has 0 aliphatic carbocycles. The van der Waals surface area contributed by atoms with Crippen molar-refractivity contribution >= 4 is 11.7 Å². The van der Waals surface area contributed by atoms with Crippen molar-refractivity contribution in [3.63, 3.8) is 0 Å². The zero-order valence-electron chi connectivity index (χ0n) is 14.8. The Bertz CT molecular complexity index is 762. The molecule has 3 rings (SSSR count). The molecule has 8 nitrogen and oxygen atoms in total. The molecule has 0 saturated carbocycles. The van der Waals surface area contributed by atoms with Crippen LogP contribution in [0.2, 0.25) is 0 Å². The van der Waals surface area contributed by atoms with Crippen LogP contribution in [0.1, 0.15) is 34.8 Å². The third kappa shape index (κ3) is 3.96. The first-order valence-corrected chi connectivity index (χ1v) is 8.31. The number of anilines is 1. The molecule has 0 radical (unpaired) electrons. The largest absolute Gasteiger partial charge is 0.386 e. The monoisotopic (exact) mass is 345 g/mol. The summed E-state index contributed by atoms with van der Waals surface area (Å²) in [5, 5.41) is 14.8. The van der Waals surface area contributed by atoms with Crippen LogP contribution in [0.4, 0.5) is 5.82 Å². The minimum absolute atomic E-state index is 0.183. The van der Waals surface area contributed by atoms with E-state index in [0.717, 1.165) is 24.5 Å². The first-order valence-electron chi connectivity index (χ1n) is 8.31. The topological polar surface area (TPSA) is 95.6 Å². The summed E-state index contributed by atoms with van der Waals surface area (Å²) in [5.41, 5.74) is 0.530. The molecule has 0 unspecified atom stereocenters. The van der Waals surface area contributed by atoms with Crippen LogP contribution in [-0.2, 0) is 0 Å². The van der Waals surface area contributed by atoms with Crippen LogP contribution in [0.25, 0.3) is 0 Å². The molecule has 0 spiro atoms. The SMILES string of the molecule is Cc1cc(N2CCC[C@](O)(CN(C)C(=O)c3cc(C)no3)C2)ncn1. The molecule has 134 valence electrons. The van der Waals surface area contributed by atoms with Gasteiger partial charge < -0.3 is 19.4 Å². The van der Waals surface area contributed by atoms with Crippen LogP contribution in [0, 0.1) is 13.8 Å². The number of likely N-dealkylation sites (N-methyl/N-ethyl adjacent to an activating group) is 1. The van der Waals surface area contributed by atoms with E-state index in [4.69, 9.17) is 4.52 Å². The van der Waals surface area contributed by atoms with Crippen molar-refractivity contribution in [1.82, 2.24) is 20.0 Å². The van der Waals surface area contributed by atoms with Gasteiger partial charge in [-0.25, -0.2) is 9.97 Å². The number of hydrogen-bond acceptors (Lipinski definition) is 7. The fourth-order valence-corrected chi connectivity index (χ4v) is 3.22. The molecule has 8 heteroatoms. The second-order valence-corrected chi connectivity index (χ2v) is 6.76. The summed E-state index contributed by atoms with van der Waals surface area (Å²) in [4.78, 5) is 24.3. The molecule has 2 aromatic heterocycles. The Hall–Kier alpha value is -2.48. The molecule has 1 saturated heterocycles. The van der Waals surface area contributed by atoms with Crippen LogP contribution < -0.4 is 4.90 Å². The second-order valence-electron chi connectivity index (χ2n) is 6.76. The Morgan fingerprint density at radius 1 is 1.36 bits per heavy atom. The maximum absolute atomic E-state index is 12.4. The zero-order chi connectivity index (χ0) is 18.0. The fraction of sp³-hybridized carbons (Fsp3) is 0.529. The van der Waals surface area contributed by atoms with E-state index in [1.165, 1.54) is 11.2 Å². The highest BCUT2D eigenvalue weighted by atomic mass is 16.5. The molecule has 2 aromatic rings. The number of β-amino-alcohol motifs (C(OH)–C–C–N with tert-alkyl or cyclic N) is 1. The first kappa shape index (κ1) is 17.3. The molecule has 1 amide bonds. The molecule has 0 bridgehead atoms. The number of aromatic nitrogens is 3. The van der Waals surface area contributed by atoms with Crippen molar-refractivity contribution in [1.29, 1.82) is 0 Å². The molecule has 1 atom stereocenters. The van der Waals surface area contributed by atoms with Gasteiger partial charge in [-0.1, -0.05) is 5.16 Å². The predicted octanol–water partition coefficient (Wildman–Crippen LogP) is 1.18. The van der Waals surface area contributed by atoms with Gasteiger partial charge in [-0.3, -0.25) is 4.79 Å². The zero-order valence-corrected chi connectivity index (χ0v) is 14.8. The summed E-state index contributed by atoms with van der Waals surface area (Å²) in [7, 11) is 1.66. The molecule has 3 heterocycles. The molecule has 1 aliphatic heterocycles. The van der Waals surface area contributed by atoms with Gasteiger partial charge >= 0.3 is 0 Å². The molecule has 0 aromatic carbocycles. The van der Waals surface area contributed by atoms with E-state index in [9.17, 15) is 9.90 Å². The fourth-order valence-electron chi connectivity index (χ4n) is 3.22. The number of aliphatic hydroxyl groups is 1. The Morgan fingerprint density at radius 3 is 2.84 bits per heavy atom. The second kappa shape index (κ2) is 6.79. The maximum atomic E-state index is 12.4. The van der Waals surface area contributed by atoms with Gasteiger partial charge in [-0.2, -0.15) is 0 Å². The third-order valence-electron chi connectivity index (χ3n) is 4.39. The number of hydrogen-bond donors (Lipinski definition) is 1. The lowest BCUT2D eigenvalue weighted by Crippen LogP contribution is -2.54. The van der Waals surface area contributed by atoms with Crippen LogP contribution in [-0.4, -0.2) is 63.3 Å². The summed E-state index contributed by atoms with van der Waals surface area (Å²) < 4.78 is 5.02. The van der Waals surface area contributed by atoms with Crippen molar-refractivity contribution in [2.24, 2.45) is 0 Å². The van der Waals surface area contributed by atoms with Crippen molar-refractivity contribution in [2.75, 3.05) is 31.6 Å². The normalized spacial score (nSPS) is 20.6. The molecule has 1 N–H and O–H groups in total. The Morgan fingerprint density at radius 2 is 2.16 bits per heavy atom. The number of aryl methyl sites for hydroxylation is 2. The van der Waals surface area contributed by atoms with Gasteiger partial charge in [-0.05, 0) is 26.7 Å². The van der Waals surface area contributed by atoms with Gasteiger partial charge in [0, 0.05) is 38.0 Å². The highest BCUT2D eigenvalue weighted by Crippen LogP contribution is 2.26. The molecular formula is C17H23N5O3. The summed E-state index contributed by atoms with van der Waals surface area (Å²) in [6, 6.07) is 3.50. The standard InChI is InChI=1S/C17H23N5O3/c1-12-8-15(19-11-18-12)22-6-4-5-17(24,10-22)9-21(3)16(23)14-7-13(2)20-25-14/h7-8,11,24H,4-6,9-10H2,1-3H3/t17-/m0/s1. The van der Waals surface area contributed by atoms with Gasteiger partial charge in [0.1, 0.15) is 12.1 Å². The highest BCUT2D eigenvalue weighted by molar-refractivity contribution is 5.91. The average Bonchev–Trinajstić information content (AvgIpc) is 3.00. The Balaban J connectivity index is 1.69. The van der Waals surface area contributed by atoms with Crippen molar-refractivity contribution in [3.8, 4) is 0 Å². The van der Waals surface area contributed by atoms with Crippen LogP contribution in [0.5, 0.6) is 0 Å². The van der Waals surface area contributed by atoms with Gasteiger partial charge in [0.05, 0.1) is 17.8 Å². The number of nitrogens with zero attached hydrogens (tertiary/aromatic N) is 5. The number of amides is 1. The number of rotatable bonds is 4. The molecular weight excluding hydrogens is 322 g/mol. The van der Waals surface area contributed by atoms with Gasteiger partial charge in [0.2, 0.25) is 5.76 Å². The summed E-state index contributed by atoms with van der Waals surface area (Å²) in [6.07, 6.45) is 2.98. The van der Waals surface area contributed by atoms with E-state index in [-0.39, 0.29) is 18.2 Å². The van der Waals surface area contributed by atoms with E-state index >= 15 is 0 Å². The molecule has 25 heavy (non-hydrogen) atoms. The minimum atomic E-state index is -1.00. The van der Waals surface area contributed by atoms with E-state index in [1.807, 2.05) is 17.9 Å². The maximum Gasteiger partial charge on any atom is 0.292 e. The lowest BCUT2D eigenvalue weighted by molar-refractivity contribution is -0.00107. The highest BCUT2D eigenvalue weighted by Gasteiger charge is 2.36. The van der Waals surface area contributed by atoms with E-state index < -0.39 is 5.60 Å². The van der Waals surface area contributed by atoms with E-state index in [2.05, 4.69) is 15.1 Å². The van der Waals surface area contributed by atoms with Gasteiger partial charge in [0.25, 0.3) is 5.91 Å². The Labute approximate surface area is 146 Å². The van der Waals surface area contributed by atoms with Gasteiger partial charge in [-0.15, -0.1) is 0 Å². The van der Waals surface area contributed by atoms with E-state index in [1.54, 1.807) is 20.0 Å². The third-order valence-corrected chi connectivity index (χ3v) is 4.39. The number of carbonyl (C=O) groups is 1. The van der Waals surface area contributed by atoms with Crippen molar-refractivity contribution < 1.29 is 14.4 Å². The van der Waals surface area contributed by atoms with Crippen LogP contribution in [0.15, 0.2) is 23.0 Å². The van der Waals surface area contributed by atoms with Gasteiger partial charge in [0.15, 0.2) is 0 Å². The number of piperidine rings is 1. The summed E-state index contributed by atoms with van der Waals surface area (Å²) in [6.45, 7) is 5.12. The first-order chi connectivity index (χ1) is 11.9. The molecule has 1 aliphatic rings. The summed E-state index contributed by atoms with van der Waals surface area (Å²) >= 11 is 0. The van der Waals surface area contributed by atoms with Crippen molar-refractivity contribution in [3.05, 3.63) is 35.6 Å². The Kier molecular flexibility index (Phi) is 4.71. The average molecular weight is 345 g/mol. The predicted molar refractivity (Wildman–Crippen MR) is 91.4 cm³/mol. The quantitative estimate of drug-likeness (QED) is 0.889. The lowest BCUT2D eigenvalue weighted by Gasteiger charge is -2.41. The smallest absolute Gasteiger partial charge is 0.292 e. The molecule has 1 fully saturated rings. The lowest BCUT2D eigenvalue weighted by atomic mass is 9.92. The van der Waals surface area contributed by atoms with Crippen molar-refractivity contribution in [2.45, 2.75) is 32.3 Å².